The lowest BCUT2D eigenvalue weighted by molar-refractivity contribution is -0.118. The smallest absolute Gasteiger partial charge is 0.230 e. The van der Waals surface area contributed by atoms with Crippen molar-refractivity contribution in [3.63, 3.8) is 0 Å². The number of aromatic nitrogens is 4. The van der Waals surface area contributed by atoms with Crippen molar-refractivity contribution in [1.29, 1.82) is 0 Å². The molecular formula is C21H23N5OS. The van der Waals surface area contributed by atoms with E-state index in [2.05, 4.69) is 46.5 Å². The summed E-state index contributed by atoms with van der Waals surface area (Å²) in [5.74, 6) is 1.44. The minimum Gasteiger partial charge on any atom is -0.353 e. The number of hydrogen-bond donors (Lipinski definition) is 1. The normalized spacial score (nSPS) is 13.7. The van der Waals surface area contributed by atoms with Crippen LogP contribution in [-0.4, -0.2) is 37.5 Å². The van der Waals surface area contributed by atoms with E-state index in [0.717, 1.165) is 29.9 Å². The Morgan fingerprint density at radius 3 is 2.75 bits per heavy atom. The second-order valence-electron chi connectivity index (χ2n) is 7.23. The fourth-order valence-electron chi connectivity index (χ4n) is 3.07. The van der Waals surface area contributed by atoms with E-state index in [0.29, 0.717) is 22.9 Å². The predicted molar refractivity (Wildman–Crippen MR) is 111 cm³/mol. The van der Waals surface area contributed by atoms with Crippen LogP contribution in [0.3, 0.4) is 0 Å². The van der Waals surface area contributed by atoms with Gasteiger partial charge in [0.15, 0.2) is 11.0 Å². The van der Waals surface area contributed by atoms with E-state index in [4.69, 9.17) is 0 Å². The van der Waals surface area contributed by atoms with E-state index < -0.39 is 0 Å². The van der Waals surface area contributed by atoms with Gasteiger partial charge < -0.3 is 5.32 Å². The Hall–Kier alpha value is -2.67. The highest BCUT2D eigenvalue weighted by atomic mass is 32.2. The van der Waals surface area contributed by atoms with Gasteiger partial charge in [0.2, 0.25) is 5.91 Å². The number of pyridine rings is 1. The molecule has 1 aliphatic rings. The average Bonchev–Trinajstić information content (AvgIpc) is 3.42. The molecule has 0 bridgehead atoms. The van der Waals surface area contributed by atoms with E-state index in [1.165, 1.54) is 17.3 Å². The van der Waals surface area contributed by atoms with Crippen LogP contribution in [0.1, 0.15) is 38.2 Å². The Balaban J connectivity index is 1.73. The number of nitrogens with zero attached hydrogens (tertiary/aromatic N) is 4. The first-order chi connectivity index (χ1) is 13.6. The average molecular weight is 394 g/mol. The van der Waals surface area contributed by atoms with Crippen LogP contribution in [0.25, 0.3) is 17.1 Å². The van der Waals surface area contributed by atoms with Gasteiger partial charge in [0.05, 0.1) is 11.4 Å². The number of hydrogen-bond acceptors (Lipinski definition) is 5. The molecule has 0 aliphatic heterocycles. The molecule has 144 valence electrons. The first-order valence-corrected chi connectivity index (χ1v) is 10.5. The van der Waals surface area contributed by atoms with Gasteiger partial charge >= 0.3 is 0 Å². The highest BCUT2D eigenvalue weighted by Crippen LogP contribution is 2.32. The second-order valence-corrected chi connectivity index (χ2v) is 8.17. The Labute approximate surface area is 168 Å². The maximum atomic E-state index is 12.2. The van der Waals surface area contributed by atoms with Gasteiger partial charge in [-0.1, -0.05) is 43.8 Å². The number of carbonyl (C=O) groups excluding carboxylic acids is 1. The van der Waals surface area contributed by atoms with Crippen LogP contribution in [0, 0.1) is 0 Å². The van der Waals surface area contributed by atoms with Gasteiger partial charge in [-0.15, -0.1) is 10.2 Å². The third-order valence-corrected chi connectivity index (χ3v) is 5.56. The molecule has 1 aromatic carbocycles. The third-order valence-electron chi connectivity index (χ3n) is 4.63. The number of amides is 1. The van der Waals surface area contributed by atoms with E-state index in [1.54, 1.807) is 12.4 Å². The molecule has 0 unspecified atom stereocenters. The Morgan fingerprint density at radius 1 is 1.21 bits per heavy atom. The summed E-state index contributed by atoms with van der Waals surface area (Å²) in [7, 11) is 0. The van der Waals surface area contributed by atoms with Gasteiger partial charge in [-0.3, -0.25) is 14.3 Å². The number of nitrogens with one attached hydrogen (secondary N) is 1. The van der Waals surface area contributed by atoms with Gasteiger partial charge in [-0.05, 0) is 42.5 Å². The van der Waals surface area contributed by atoms with Crippen LogP contribution < -0.4 is 5.32 Å². The summed E-state index contributed by atoms with van der Waals surface area (Å²) in [5.41, 5.74) is 3.13. The zero-order valence-corrected chi connectivity index (χ0v) is 16.8. The summed E-state index contributed by atoms with van der Waals surface area (Å²) < 4.78 is 2.04. The van der Waals surface area contributed by atoms with Crippen molar-refractivity contribution in [2.24, 2.45) is 0 Å². The van der Waals surface area contributed by atoms with Crippen molar-refractivity contribution in [3.8, 4) is 17.1 Å². The summed E-state index contributed by atoms with van der Waals surface area (Å²) in [6, 6.07) is 12.5. The summed E-state index contributed by atoms with van der Waals surface area (Å²) in [5, 5.41) is 12.6. The lowest BCUT2D eigenvalue weighted by atomic mass is 10.0. The van der Waals surface area contributed by atoms with Crippen LogP contribution in [-0.2, 0) is 4.79 Å². The summed E-state index contributed by atoms with van der Waals surface area (Å²) in [6.07, 6.45) is 5.69. The van der Waals surface area contributed by atoms with Gasteiger partial charge in [-0.2, -0.15) is 0 Å². The zero-order chi connectivity index (χ0) is 19.5. The minimum atomic E-state index is 0.0436. The minimum absolute atomic E-state index is 0.0436. The molecule has 2 heterocycles. The van der Waals surface area contributed by atoms with E-state index >= 15 is 0 Å². The molecule has 4 rings (SSSR count). The predicted octanol–water partition coefficient (Wildman–Crippen LogP) is 3.82. The van der Waals surface area contributed by atoms with Gasteiger partial charge in [0.1, 0.15) is 0 Å². The highest BCUT2D eigenvalue weighted by molar-refractivity contribution is 7.99. The van der Waals surface area contributed by atoms with Gasteiger partial charge in [-0.25, -0.2) is 0 Å². The first-order valence-electron chi connectivity index (χ1n) is 9.50. The largest absolute Gasteiger partial charge is 0.353 e. The summed E-state index contributed by atoms with van der Waals surface area (Å²) in [4.78, 5) is 16.4. The molecule has 0 atom stereocenters. The molecular weight excluding hydrogens is 370 g/mol. The Kier molecular flexibility index (Phi) is 5.43. The molecule has 7 heteroatoms. The maximum Gasteiger partial charge on any atom is 0.230 e. The van der Waals surface area contributed by atoms with Gasteiger partial charge in [0, 0.05) is 24.0 Å². The third kappa shape index (κ3) is 4.09. The quantitative estimate of drug-likeness (QED) is 0.618. The monoisotopic (exact) mass is 393 g/mol. The first kappa shape index (κ1) is 18.7. The fraction of sp³-hybridized carbons (Fsp3) is 0.333. The molecule has 1 N–H and O–H groups in total. The maximum absolute atomic E-state index is 12.2. The van der Waals surface area contributed by atoms with Crippen molar-refractivity contribution in [2.75, 3.05) is 5.75 Å². The second kappa shape index (κ2) is 8.14. The summed E-state index contributed by atoms with van der Waals surface area (Å²) >= 11 is 1.41. The van der Waals surface area contributed by atoms with E-state index in [9.17, 15) is 4.79 Å². The number of rotatable bonds is 7. The molecule has 1 amide bonds. The zero-order valence-electron chi connectivity index (χ0n) is 16.0. The van der Waals surface area contributed by atoms with Gasteiger partial charge in [0.25, 0.3) is 0 Å². The van der Waals surface area contributed by atoms with E-state index in [-0.39, 0.29) is 5.91 Å². The number of para-hydroxylation sites is 1. The van der Waals surface area contributed by atoms with Crippen LogP contribution in [0.4, 0.5) is 0 Å². The molecule has 2 aromatic heterocycles. The van der Waals surface area contributed by atoms with Crippen LogP contribution >= 0.6 is 11.8 Å². The number of thioether (sulfide) groups is 1. The lowest BCUT2D eigenvalue weighted by Crippen LogP contribution is -2.27. The molecule has 28 heavy (non-hydrogen) atoms. The molecule has 1 fully saturated rings. The van der Waals surface area contributed by atoms with Crippen molar-refractivity contribution >= 4 is 17.7 Å². The highest BCUT2D eigenvalue weighted by Gasteiger charge is 2.24. The fourth-order valence-corrected chi connectivity index (χ4v) is 3.83. The van der Waals surface area contributed by atoms with Crippen molar-refractivity contribution < 1.29 is 4.79 Å². The Morgan fingerprint density at radius 2 is 2.04 bits per heavy atom. The number of carbonyl (C=O) groups is 1. The van der Waals surface area contributed by atoms with Crippen molar-refractivity contribution in [1.82, 2.24) is 25.1 Å². The molecule has 6 nitrogen and oxygen atoms in total. The van der Waals surface area contributed by atoms with Crippen molar-refractivity contribution in [3.05, 3.63) is 54.4 Å². The lowest BCUT2D eigenvalue weighted by Gasteiger charge is -2.16. The topological polar surface area (TPSA) is 72.7 Å². The van der Waals surface area contributed by atoms with E-state index in [1.807, 2.05) is 28.8 Å². The van der Waals surface area contributed by atoms with Crippen LogP contribution in [0.15, 0.2) is 53.9 Å². The van der Waals surface area contributed by atoms with Crippen molar-refractivity contribution in [2.45, 2.75) is 43.8 Å². The molecule has 1 aliphatic carbocycles. The molecule has 3 aromatic rings. The Bertz CT molecular complexity index is 966. The van der Waals surface area contributed by atoms with Crippen LogP contribution in [0.5, 0.6) is 0 Å². The molecule has 0 radical (unpaired) electrons. The number of benzene rings is 1. The van der Waals surface area contributed by atoms with Crippen LogP contribution in [0.2, 0.25) is 0 Å². The molecule has 1 saturated carbocycles. The molecule has 0 saturated heterocycles. The molecule has 0 spiro atoms. The SMILES string of the molecule is CC(C)c1ccccc1-n1c(SCC(=O)NC2CC2)nnc1-c1cccnc1. The summed E-state index contributed by atoms with van der Waals surface area (Å²) in [6.45, 7) is 4.34. The standard InChI is InChI=1S/C21H23N5OS/c1-14(2)17-7-3-4-8-18(17)26-20(15-6-5-11-22-12-15)24-25-21(26)28-13-19(27)23-16-9-10-16/h3-8,11-12,14,16H,9-10,13H2,1-2H3,(H,23,27).